The minimum Gasteiger partial charge on any atom is -0.481 e. The van der Waals surface area contributed by atoms with Crippen molar-refractivity contribution in [1.82, 2.24) is 15.3 Å². The Bertz CT molecular complexity index is 1070. The van der Waals surface area contributed by atoms with Gasteiger partial charge >= 0.3 is 0 Å². The summed E-state index contributed by atoms with van der Waals surface area (Å²) in [5.41, 5.74) is 3.98. The molecule has 5 nitrogen and oxygen atoms in total. The largest absolute Gasteiger partial charge is 0.481 e. The molecular weight excluding hydrogens is 457 g/mol. The third kappa shape index (κ3) is 4.97. The first-order valence-electron chi connectivity index (χ1n) is 10.0. The van der Waals surface area contributed by atoms with Crippen molar-refractivity contribution < 1.29 is 9.47 Å². The number of methoxy groups -OCH3 is 1. The van der Waals surface area contributed by atoms with Crippen LogP contribution in [-0.4, -0.2) is 36.3 Å². The van der Waals surface area contributed by atoms with E-state index in [1.165, 1.54) is 0 Å². The Morgan fingerprint density at radius 2 is 1.74 bits per heavy atom. The van der Waals surface area contributed by atoms with Gasteiger partial charge in [0.25, 0.3) is 0 Å². The van der Waals surface area contributed by atoms with Crippen molar-refractivity contribution in [2.45, 2.75) is 25.4 Å². The van der Waals surface area contributed by atoms with Gasteiger partial charge in [-0.15, -0.1) is 0 Å². The number of ether oxygens (including phenoxy) is 2. The van der Waals surface area contributed by atoms with Gasteiger partial charge in [0.1, 0.15) is 5.15 Å². The average Bonchev–Trinajstić information content (AvgIpc) is 2.80. The lowest BCUT2D eigenvalue weighted by atomic mass is 10.0. The molecule has 0 unspecified atom stereocenters. The molecule has 1 aliphatic heterocycles. The van der Waals surface area contributed by atoms with Gasteiger partial charge in [-0.1, -0.05) is 59.1 Å². The lowest BCUT2D eigenvalue weighted by Gasteiger charge is -2.23. The number of halogens is 3. The molecule has 8 heteroatoms. The van der Waals surface area contributed by atoms with Crippen molar-refractivity contribution in [2.75, 3.05) is 20.3 Å². The first-order valence-corrected chi connectivity index (χ1v) is 11.2. The summed E-state index contributed by atoms with van der Waals surface area (Å²) >= 11 is 19.2. The highest BCUT2D eigenvalue weighted by atomic mass is 35.5. The molecule has 3 aromatic rings. The molecule has 31 heavy (non-hydrogen) atoms. The monoisotopic (exact) mass is 477 g/mol. The summed E-state index contributed by atoms with van der Waals surface area (Å²) in [5.74, 6) is 0.573. The van der Waals surface area contributed by atoms with E-state index in [1.807, 2.05) is 30.3 Å². The van der Waals surface area contributed by atoms with Crippen LogP contribution in [0.4, 0.5) is 0 Å². The number of hydrogen-bond acceptors (Lipinski definition) is 5. The van der Waals surface area contributed by atoms with E-state index in [4.69, 9.17) is 49.3 Å². The van der Waals surface area contributed by atoms with Crippen LogP contribution in [0.3, 0.4) is 0 Å². The molecule has 4 rings (SSSR count). The van der Waals surface area contributed by atoms with Crippen molar-refractivity contribution in [1.29, 1.82) is 0 Å². The molecule has 3 heterocycles. The number of aromatic nitrogens is 2. The summed E-state index contributed by atoms with van der Waals surface area (Å²) in [5, 5.41) is 4.70. The Kier molecular flexibility index (Phi) is 7.31. The van der Waals surface area contributed by atoms with Crippen LogP contribution in [0.25, 0.3) is 22.4 Å². The van der Waals surface area contributed by atoms with Crippen LogP contribution in [-0.2, 0) is 11.3 Å². The molecule has 0 radical (unpaired) electrons. The molecular formula is C23H22Cl3N3O2. The van der Waals surface area contributed by atoms with Crippen LogP contribution in [0.15, 0.2) is 42.6 Å². The third-order valence-corrected chi connectivity index (χ3v) is 6.52. The van der Waals surface area contributed by atoms with Crippen LogP contribution < -0.4 is 10.1 Å². The molecule has 1 fully saturated rings. The highest BCUT2D eigenvalue weighted by Crippen LogP contribution is 2.40. The molecule has 0 aliphatic carbocycles. The van der Waals surface area contributed by atoms with Crippen LogP contribution in [0, 0.1) is 0 Å². The average molecular weight is 479 g/mol. The fourth-order valence-corrected chi connectivity index (χ4v) is 4.35. The summed E-state index contributed by atoms with van der Waals surface area (Å²) in [6.07, 6.45) is 3.63. The number of hydrogen-bond donors (Lipinski definition) is 1. The maximum Gasteiger partial charge on any atom is 0.218 e. The van der Waals surface area contributed by atoms with Crippen molar-refractivity contribution in [3.8, 4) is 28.3 Å². The maximum absolute atomic E-state index is 6.77. The van der Waals surface area contributed by atoms with Crippen molar-refractivity contribution in [3.05, 3.63) is 63.4 Å². The molecule has 0 atom stereocenters. The molecule has 162 valence electrons. The van der Waals surface area contributed by atoms with E-state index in [2.05, 4.69) is 10.3 Å². The fourth-order valence-electron chi connectivity index (χ4n) is 3.65. The van der Waals surface area contributed by atoms with Crippen molar-refractivity contribution >= 4 is 34.8 Å². The van der Waals surface area contributed by atoms with Gasteiger partial charge in [0, 0.05) is 54.3 Å². The molecule has 0 spiro atoms. The SMILES string of the molecule is COc1nc(-c2cccc(-c3ccnc(Cl)c3Cl)c2Cl)ccc1CNC1CCOCC1. The van der Waals surface area contributed by atoms with E-state index in [1.54, 1.807) is 19.4 Å². The second-order valence-electron chi connectivity index (χ2n) is 7.26. The quantitative estimate of drug-likeness (QED) is 0.437. The second-order valence-corrected chi connectivity index (χ2v) is 8.38. The first kappa shape index (κ1) is 22.3. The Hall–Kier alpha value is -1.89. The molecule has 1 aliphatic rings. The molecule has 0 bridgehead atoms. The molecule has 1 saturated heterocycles. The van der Waals surface area contributed by atoms with Gasteiger partial charge in [0.15, 0.2) is 0 Å². The van der Waals surface area contributed by atoms with Crippen LogP contribution >= 0.6 is 34.8 Å². The number of benzene rings is 1. The summed E-state index contributed by atoms with van der Waals surface area (Å²) < 4.78 is 11.0. The van der Waals surface area contributed by atoms with Gasteiger partial charge in [0.2, 0.25) is 5.88 Å². The summed E-state index contributed by atoms with van der Waals surface area (Å²) in [6, 6.07) is 11.9. The Morgan fingerprint density at radius 3 is 2.52 bits per heavy atom. The smallest absolute Gasteiger partial charge is 0.218 e. The molecule has 1 N–H and O–H groups in total. The molecule has 0 saturated carbocycles. The Morgan fingerprint density at radius 1 is 1.00 bits per heavy atom. The van der Waals surface area contributed by atoms with E-state index in [9.17, 15) is 0 Å². The van der Waals surface area contributed by atoms with Crippen LogP contribution in [0.1, 0.15) is 18.4 Å². The van der Waals surface area contributed by atoms with Gasteiger partial charge < -0.3 is 14.8 Å². The van der Waals surface area contributed by atoms with E-state index in [0.717, 1.165) is 54.0 Å². The Labute approximate surface area is 196 Å². The molecule has 1 aromatic carbocycles. The zero-order chi connectivity index (χ0) is 21.8. The van der Waals surface area contributed by atoms with E-state index < -0.39 is 0 Å². The minimum absolute atomic E-state index is 0.238. The lowest BCUT2D eigenvalue weighted by molar-refractivity contribution is 0.0775. The van der Waals surface area contributed by atoms with Gasteiger partial charge in [-0.3, -0.25) is 0 Å². The van der Waals surface area contributed by atoms with E-state index in [-0.39, 0.29) is 5.15 Å². The second kappa shape index (κ2) is 10.2. The van der Waals surface area contributed by atoms with Gasteiger partial charge in [-0.05, 0) is 25.0 Å². The zero-order valence-electron chi connectivity index (χ0n) is 17.0. The maximum atomic E-state index is 6.77. The van der Waals surface area contributed by atoms with Crippen molar-refractivity contribution in [2.24, 2.45) is 0 Å². The predicted octanol–water partition coefficient (Wildman–Crippen LogP) is 6.05. The summed E-state index contributed by atoms with van der Waals surface area (Å²) in [6.45, 7) is 2.28. The molecule has 2 aromatic heterocycles. The van der Waals surface area contributed by atoms with Gasteiger partial charge in [-0.25, -0.2) is 9.97 Å². The minimum atomic E-state index is 0.238. The third-order valence-electron chi connectivity index (χ3n) is 5.35. The van der Waals surface area contributed by atoms with Gasteiger partial charge in [0.05, 0.1) is 22.8 Å². The van der Waals surface area contributed by atoms with Gasteiger partial charge in [-0.2, -0.15) is 0 Å². The zero-order valence-corrected chi connectivity index (χ0v) is 19.3. The lowest BCUT2D eigenvalue weighted by Crippen LogP contribution is -2.34. The van der Waals surface area contributed by atoms with Crippen LogP contribution in [0.5, 0.6) is 5.88 Å². The normalized spacial score (nSPS) is 14.6. The van der Waals surface area contributed by atoms with E-state index >= 15 is 0 Å². The summed E-state index contributed by atoms with van der Waals surface area (Å²) in [7, 11) is 1.63. The summed E-state index contributed by atoms with van der Waals surface area (Å²) in [4.78, 5) is 8.73. The standard InChI is InChI=1S/C23H22Cl3N3O2/c1-30-23-14(13-28-15-8-11-31-12-9-15)5-6-19(29-23)18-4-2-3-16(20(18)24)17-7-10-27-22(26)21(17)25/h2-7,10,15,28H,8-9,11-13H2,1H3. The highest BCUT2D eigenvalue weighted by molar-refractivity contribution is 6.43. The van der Waals surface area contributed by atoms with Crippen molar-refractivity contribution in [3.63, 3.8) is 0 Å². The van der Waals surface area contributed by atoms with Crippen LogP contribution in [0.2, 0.25) is 15.2 Å². The highest BCUT2D eigenvalue weighted by Gasteiger charge is 2.18. The molecule has 0 amide bonds. The predicted molar refractivity (Wildman–Crippen MR) is 125 cm³/mol. The fraction of sp³-hybridized carbons (Fsp3) is 0.304. The number of nitrogens with one attached hydrogen (secondary N) is 1. The number of pyridine rings is 2. The van der Waals surface area contributed by atoms with E-state index in [0.29, 0.717) is 28.5 Å². The number of rotatable bonds is 6. The Balaban J connectivity index is 1.63. The first-order chi connectivity index (χ1) is 15.1. The number of nitrogens with zero attached hydrogens (tertiary/aromatic N) is 2. The topological polar surface area (TPSA) is 56.3 Å².